The molecule has 0 saturated carbocycles. The van der Waals surface area contributed by atoms with E-state index in [-0.39, 0.29) is 11.3 Å². The molecule has 10 rings (SSSR count). The monoisotopic (exact) mass is 778 g/mol. The second kappa shape index (κ2) is 15.8. The molecular weight excluding hydrogens is 741 g/mol. The van der Waals surface area contributed by atoms with E-state index in [1.54, 1.807) is 0 Å². The van der Waals surface area contributed by atoms with Crippen molar-refractivity contribution < 1.29 is 8.83 Å². The molecule has 2 heterocycles. The standard InChI is InChI=1S/C54H38N2O4/c57-53-49(35-41-13-7-9-23-51(41)59-53)39-15-11-21-47(33-39)55(43-17-3-1-4-18-43)45-29-25-37(26-30-45)38-27-31-46(32-28-38)56(44-19-5-2-6-20-44)48-22-12-16-40(34-48)50-36-42-14-8-10-24-52(42)60-54(50)58/h1-7,9-13,15-36H,8,14H2. The molecule has 0 aliphatic heterocycles. The molecule has 1 aliphatic rings. The molecule has 0 spiro atoms. The number of benzene rings is 7. The lowest BCUT2D eigenvalue weighted by atomic mass is 9.98. The van der Waals surface area contributed by atoms with Gasteiger partial charge in [-0.1, -0.05) is 109 Å². The quantitative estimate of drug-likeness (QED) is 0.136. The molecule has 288 valence electrons. The van der Waals surface area contributed by atoms with Crippen molar-refractivity contribution in [2.75, 3.05) is 9.80 Å². The van der Waals surface area contributed by atoms with E-state index in [1.807, 2.05) is 115 Å². The topological polar surface area (TPSA) is 66.9 Å². The summed E-state index contributed by atoms with van der Waals surface area (Å²) >= 11 is 0. The van der Waals surface area contributed by atoms with Crippen LogP contribution in [-0.4, -0.2) is 0 Å². The van der Waals surface area contributed by atoms with Crippen LogP contribution in [-0.2, 0) is 6.42 Å². The number of allylic oxidation sites excluding steroid dienone is 1. The van der Waals surface area contributed by atoms with Crippen LogP contribution < -0.4 is 21.1 Å². The van der Waals surface area contributed by atoms with Gasteiger partial charge in [0.15, 0.2) is 0 Å². The molecule has 7 aromatic carbocycles. The molecule has 0 saturated heterocycles. The van der Waals surface area contributed by atoms with Crippen LogP contribution in [0.2, 0.25) is 0 Å². The summed E-state index contributed by atoms with van der Waals surface area (Å²) in [5, 5.41) is 0.873. The minimum absolute atomic E-state index is 0.338. The first-order valence-electron chi connectivity index (χ1n) is 20.0. The molecule has 9 aromatic rings. The number of para-hydroxylation sites is 3. The molecule has 0 bridgehead atoms. The summed E-state index contributed by atoms with van der Waals surface area (Å²) < 4.78 is 11.4. The Morgan fingerprint density at radius 3 is 1.47 bits per heavy atom. The van der Waals surface area contributed by atoms with Crippen molar-refractivity contribution in [1.29, 1.82) is 0 Å². The van der Waals surface area contributed by atoms with Gasteiger partial charge in [0.05, 0.1) is 11.1 Å². The maximum absolute atomic E-state index is 13.2. The van der Waals surface area contributed by atoms with Gasteiger partial charge in [0, 0.05) is 39.5 Å². The van der Waals surface area contributed by atoms with Crippen molar-refractivity contribution in [3.05, 3.63) is 232 Å². The van der Waals surface area contributed by atoms with Crippen molar-refractivity contribution in [3.63, 3.8) is 0 Å². The van der Waals surface area contributed by atoms with E-state index >= 15 is 0 Å². The minimum Gasteiger partial charge on any atom is -0.423 e. The third kappa shape index (κ3) is 7.12. The van der Waals surface area contributed by atoms with E-state index in [1.165, 1.54) is 0 Å². The van der Waals surface area contributed by atoms with Crippen LogP contribution >= 0.6 is 0 Å². The zero-order chi connectivity index (χ0) is 40.4. The Kier molecular flexibility index (Phi) is 9.56. The van der Waals surface area contributed by atoms with E-state index in [4.69, 9.17) is 8.83 Å². The molecule has 0 N–H and O–H groups in total. The van der Waals surface area contributed by atoms with E-state index in [9.17, 15) is 9.59 Å². The van der Waals surface area contributed by atoms with Crippen LogP contribution in [0.3, 0.4) is 0 Å². The summed E-state index contributed by atoms with van der Waals surface area (Å²) in [5.74, 6) is 0.653. The predicted octanol–water partition coefficient (Wildman–Crippen LogP) is 13.6. The zero-order valence-corrected chi connectivity index (χ0v) is 32.6. The fourth-order valence-corrected chi connectivity index (χ4v) is 8.03. The Hall–Kier alpha value is -7.96. The van der Waals surface area contributed by atoms with Gasteiger partial charge >= 0.3 is 11.3 Å². The lowest BCUT2D eigenvalue weighted by molar-refractivity contribution is 0.494. The smallest absolute Gasteiger partial charge is 0.344 e. The largest absolute Gasteiger partial charge is 0.423 e. The molecule has 6 nitrogen and oxygen atoms in total. The molecule has 60 heavy (non-hydrogen) atoms. The number of aryl methyl sites for hydroxylation is 1. The number of rotatable bonds is 9. The van der Waals surface area contributed by atoms with Crippen LogP contribution in [0.25, 0.3) is 50.4 Å². The summed E-state index contributed by atoms with van der Waals surface area (Å²) in [6.07, 6.45) is 5.71. The van der Waals surface area contributed by atoms with Crippen LogP contribution in [0.15, 0.2) is 219 Å². The molecule has 0 amide bonds. The summed E-state index contributed by atoms with van der Waals surface area (Å²) in [5.41, 5.74) is 11.5. The van der Waals surface area contributed by atoms with E-state index < -0.39 is 0 Å². The number of hydrogen-bond donors (Lipinski definition) is 0. The first-order valence-corrected chi connectivity index (χ1v) is 20.0. The number of fused-ring (bicyclic) bond motifs is 2. The molecule has 0 unspecified atom stereocenters. The van der Waals surface area contributed by atoms with Gasteiger partial charge in [-0.05, 0) is 138 Å². The van der Waals surface area contributed by atoms with Crippen LogP contribution in [0.5, 0.6) is 0 Å². The summed E-state index contributed by atoms with van der Waals surface area (Å²) in [6.45, 7) is 0. The molecule has 1 aliphatic carbocycles. The Morgan fingerprint density at radius 1 is 0.400 bits per heavy atom. The van der Waals surface area contributed by atoms with Crippen molar-refractivity contribution in [2.24, 2.45) is 0 Å². The van der Waals surface area contributed by atoms with Gasteiger partial charge in [-0.2, -0.15) is 0 Å². The van der Waals surface area contributed by atoms with E-state index in [2.05, 4.69) is 101 Å². The van der Waals surface area contributed by atoms with Crippen LogP contribution in [0.4, 0.5) is 34.1 Å². The lowest BCUT2D eigenvalue weighted by Gasteiger charge is -2.26. The van der Waals surface area contributed by atoms with Crippen LogP contribution in [0, 0.1) is 0 Å². The highest BCUT2D eigenvalue weighted by Gasteiger charge is 2.19. The molecule has 0 fully saturated rings. The average molecular weight is 779 g/mol. The average Bonchev–Trinajstić information content (AvgIpc) is 3.30. The lowest BCUT2D eigenvalue weighted by Crippen LogP contribution is -2.11. The number of anilines is 6. The van der Waals surface area contributed by atoms with E-state index in [0.29, 0.717) is 22.5 Å². The van der Waals surface area contributed by atoms with Gasteiger partial charge in [-0.15, -0.1) is 0 Å². The maximum Gasteiger partial charge on any atom is 0.344 e. The van der Waals surface area contributed by atoms with Gasteiger partial charge in [-0.25, -0.2) is 9.59 Å². The molecule has 0 radical (unpaired) electrons. The third-order valence-corrected chi connectivity index (χ3v) is 11.0. The summed E-state index contributed by atoms with van der Waals surface area (Å²) in [7, 11) is 0. The molecule has 2 aromatic heterocycles. The summed E-state index contributed by atoms with van der Waals surface area (Å²) in [6, 6.07) is 65.1. The maximum atomic E-state index is 13.2. The Bertz CT molecular complexity index is 3130. The van der Waals surface area contributed by atoms with Gasteiger partial charge in [-0.3, -0.25) is 0 Å². The van der Waals surface area contributed by atoms with E-state index in [0.717, 1.165) is 80.2 Å². The van der Waals surface area contributed by atoms with Crippen molar-refractivity contribution >= 4 is 51.2 Å². The normalized spacial score (nSPS) is 11.9. The zero-order valence-electron chi connectivity index (χ0n) is 32.6. The molecular formula is C54H38N2O4. The molecule has 0 atom stereocenters. The second-order valence-corrected chi connectivity index (χ2v) is 14.8. The van der Waals surface area contributed by atoms with Gasteiger partial charge in [0.1, 0.15) is 11.3 Å². The number of nitrogens with zero attached hydrogens (tertiary/aromatic N) is 2. The van der Waals surface area contributed by atoms with Gasteiger partial charge in [0.25, 0.3) is 0 Å². The fraction of sp³-hybridized carbons (Fsp3) is 0.0370. The van der Waals surface area contributed by atoms with Crippen LogP contribution in [0.1, 0.15) is 17.7 Å². The highest BCUT2D eigenvalue weighted by Crippen LogP contribution is 2.40. The summed E-state index contributed by atoms with van der Waals surface area (Å²) in [4.78, 5) is 30.7. The molecule has 6 heteroatoms. The first kappa shape index (κ1) is 36.4. The second-order valence-electron chi connectivity index (χ2n) is 14.8. The highest BCUT2D eigenvalue weighted by molar-refractivity contribution is 5.85. The first-order chi connectivity index (χ1) is 29.6. The highest BCUT2D eigenvalue weighted by atomic mass is 16.4. The van der Waals surface area contributed by atoms with Gasteiger partial charge in [0.2, 0.25) is 0 Å². The van der Waals surface area contributed by atoms with Crippen molar-refractivity contribution in [1.82, 2.24) is 0 Å². The van der Waals surface area contributed by atoms with Crippen molar-refractivity contribution in [3.8, 4) is 33.4 Å². The number of hydrogen-bond acceptors (Lipinski definition) is 6. The SMILES string of the molecule is O=c1oc2c(cc1-c1cccc(N(c3ccccc3)c3ccc(-c4ccc(N(c5ccccc5)c5cccc(-c6cc7ccccc7oc6=O)c5)cc4)cc3)c1)CCC=C2. The fourth-order valence-electron chi connectivity index (χ4n) is 8.03. The Balaban J connectivity index is 0.968. The Morgan fingerprint density at radius 2 is 0.883 bits per heavy atom. The minimum atomic E-state index is -0.370. The third-order valence-electron chi connectivity index (χ3n) is 11.0. The Labute approximate surface area is 347 Å². The predicted molar refractivity (Wildman–Crippen MR) is 244 cm³/mol. The van der Waals surface area contributed by atoms with Gasteiger partial charge < -0.3 is 18.6 Å². The van der Waals surface area contributed by atoms with Crippen molar-refractivity contribution in [2.45, 2.75) is 12.8 Å².